The van der Waals surface area contributed by atoms with Gasteiger partial charge in [0.2, 0.25) is 5.91 Å². The van der Waals surface area contributed by atoms with Crippen LogP contribution in [-0.2, 0) is 23.5 Å². The number of aromatic amines is 1. The van der Waals surface area contributed by atoms with Gasteiger partial charge in [-0.3, -0.25) is 9.59 Å². The predicted molar refractivity (Wildman–Crippen MR) is 116 cm³/mol. The van der Waals surface area contributed by atoms with Crippen LogP contribution in [0.5, 0.6) is 0 Å². The molecule has 0 spiro atoms. The van der Waals surface area contributed by atoms with Gasteiger partial charge in [0.25, 0.3) is 5.56 Å². The molecule has 0 fully saturated rings. The first-order valence-electron chi connectivity index (χ1n) is 9.46. The first kappa shape index (κ1) is 19.2. The number of nitrogens with zero attached hydrogens (tertiary/aromatic N) is 2. The maximum absolute atomic E-state index is 12.6. The molecule has 0 radical (unpaired) electrons. The minimum atomic E-state index is -0.0947. The van der Waals surface area contributed by atoms with Crippen molar-refractivity contribution in [1.82, 2.24) is 14.9 Å². The summed E-state index contributed by atoms with van der Waals surface area (Å²) in [5, 5.41) is 0.658. The Morgan fingerprint density at radius 2 is 2.11 bits per heavy atom. The van der Waals surface area contributed by atoms with E-state index in [-0.39, 0.29) is 11.5 Å². The van der Waals surface area contributed by atoms with Crippen molar-refractivity contribution in [3.63, 3.8) is 0 Å². The van der Waals surface area contributed by atoms with Crippen LogP contribution in [0, 0.1) is 0 Å². The van der Waals surface area contributed by atoms with Crippen molar-refractivity contribution in [3.05, 3.63) is 62.5 Å². The molecule has 0 atom stereocenters. The van der Waals surface area contributed by atoms with E-state index in [4.69, 9.17) is 0 Å². The van der Waals surface area contributed by atoms with Gasteiger partial charge in [0, 0.05) is 18.0 Å². The molecule has 0 saturated carbocycles. The molecule has 1 N–H and O–H groups in total. The van der Waals surface area contributed by atoms with Crippen LogP contribution in [0.2, 0.25) is 0 Å². The van der Waals surface area contributed by atoms with E-state index in [1.807, 2.05) is 17.0 Å². The number of hydrogen-bond donors (Lipinski definition) is 1. The van der Waals surface area contributed by atoms with E-state index in [1.165, 1.54) is 27.8 Å². The normalized spacial score (nSPS) is 13.9. The highest BCUT2D eigenvalue weighted by Crippen LogP contribution is 2.28. The summed E-state index contributed by atoms with van der Waals surface area (Å²) in [5.41, 5.74) is 2.48. The number of benzene rings is 1. The highest BCUT2D eigenvalue weighted by atomic mass is 32.2. The second kappa shape index (κ2) is 8.09. The van der Waals surface area contributed by atoms with Crippen molar-refractivity contribution in [1.29, 1.82) is 0 Å². The van der Waals surface area contributed by atoms with Crippen molar-refractivity contribution in [2.45, 2.75) is 38.5 Å². The predicted octanol–water partition coefficient (Wildman–Crippen LogP) is 3.93. The fourth-order valence-electron chi connectivity index (χ4n) is 3.38. The summed E-state index contributed by atoms with van der Waals surface area (Å²) < 4.78 is 0. The number of nitrogens with one attached hydrogen (secondary N) is 1. The Balaban J connectivity index is 1.37. The molecule has 4 rings (SSSR count). The van der Waals surface area contributed by atoms with E-state index < -0.39 is 0 Å². The van der Waals surface area contributed by atoms with E-state index in [0.29, 0.717) is 35.2 Å². The van der Waals surface area contributed by atoms with Crippen molar-refractivity contribution >= 4 is 39.2 Å². The molecule has 0 saturated heterocycles. The number of fused-ring (bicyclic) bond motifs is 2. The molecule has 1 aliphatic rings. The zero-order chi connectivity index (χ0) is 19.7. The zero-order valence-electron chi connectivity index (χ0n) is 16.0. The van der Waals surface area contributed by atoms with E-state index >= 15 is 0 Å². The van der Waals surface area contributed by atoms with Crippen molar-refractivity contribution in [3.8, 4) is 0 Å². The molecule has 1 aromatic carbocycles. The number of hydrogen-bond acceptors (Lipinski definition) is 5. The Morgan fingerprint density at radius 3 is 2.89 bits per heavy atom. The van der Waals surface area contributed by atoms with Gasteiger partial charge >= 0.3 is 0 Å². The lowest BCUT2D eigenvalue weighted by atomic mass is 10.00. The SMILES string of the molecule is CC(C)c1cc2c(=O)[nH]c(CSCC(=O)N3CCc4ccccc4C3)nc2s1. The highest BCUT2D eigenvalue weighted by Gasteiger charge is 2.20. The molecule has 146 valence electrons. The molecule has 2 aromatic heterocycles. The summed E-state index contributed by atoms with van der Waals surface area (Å²) in [7, 11) is 0. The number of thioether (sulfide) groups is 1. The second-order valence-electron chi connectivity index (χ2n) is 7.36. The van der Waals surface area contributed by atoms with Crippen LogP contribution in [0.25, 0.3) is 10.2 Å². The number of rotatable bonds is 5. The van der Waals surface area contributed by atoms with E-state index in [2.05, 4.69) is 42.0 Å². The van der Waals surface area contributed by atoms with Gasteiger partial charge in [0.15, 0.2) is 0 Å². The Hall–Kier alpha value is -2.12. The molecule has 0 unspecified atom stereocenters. The monoisotopic (exact) mass is 413 g/mol. The first-order chi connectivity index (χ1) is 13.5. The number of amides is 1. The topological polar surface area (TPSA) is 66.1 Å². The van der Waals surface area contributed by atoms with Gasteiger partial charge in [-0.15, -0.1) is 23.1 Å². The molecule has 5 nitrogen and oxygen atoms in total. The van der Waals surface area contributed by atoms with Crippen molar-refractivity contribution in [2.24, 2.45) is 0 Å². The number of carbonyl (C=O) groups is 1. The third kappa shape index (κ3) is 4.00. The molecule has 3 heterocycles. The van der Waals surface area contributed by atoms with Crippen LogP contribution in [-0.4, -0.2) is 33.1 Å². The van der Waals surface area contributed by atoms with Crippen LogP contribution in [0.1, 0.15) is 41.6 Å². The molecule has 7 heteroatoms. The third-order valence-corrected chi connectivity index (χ3v) is 7.25. The van der Waals surface area contributed by atoms with Gasteiger partial charge in [-0.1, -0.05) is 38.1 Å². The van der Waals surface area contributed by atoms with Crippen LogP contribution in [0.3, 0.4) is 0 Å². The smallest absolute Gasteiger partial charge is 0.259 e. The van der Waals surface area contributed by atoms with Gasteiger partial charge in [-0.2, -0.15) is 0 Å². The minimum absolute atomic E-state index is 0.0947. The summed E-state index contributed by atoms with van der Waals surface area (Å²) in [5.74, 6) is 2.07. The Bertz CT molecular complexity index is 1070. The lowest BCUT2D eigenvalue weighted by Crippen LogP contribution is -2.37. The maximum atomic E-state index is 12.6. The number of aromatic nitrogens is 2. The lowest BCUT2D eigenvalue weighted by molar-refractivity contribution is -0.129. The summed E-state index contributed by atoms with van der Waals surface area (Å²) in [6, 6.07) is 10.2. The number of thiophene rings is 1. The molecule has 0 bridgehead atoms. The summed E-state index contributed by atoms with van der Waals surface area (Å²) in [6.07, 6.45) is 0.911. The van der Waals surface area contributed by atoms with E-state index in [0.717, 1.165) is 17.8 Å². The van der Waals surface area contributed by atoms with Gasteiger partial charge < -0.3 is 9.88 Å². The minimum Gasteiger partial charge on any atom is -0.337 e. The number of carbonyl (C=O) groups excluding carboxylic acids is 1. The van der Waals surface area contributed by atoms with Gasteiger partial charge in [-0.05, 0) is 29.5 Å². The largest absolute Gasteiger partial charge is 0.337 e. The standard InChI is InChI=1S/C21H23N3O2S2/c1-13(2)17-9-16-20(26)22-18(23-21(16)28-17)11-27-12-19(25)24-8-7-14-5-3-4-6-15(14)10-24/h3-6,9,13H,7-8,10-12H2,1-2H3,(H,22,23,26). The molecule has 1 aliphatic heterocycles. The maximum Gasteiger partial charge on any atom is 0.259 e. The average molecular weight is 414 g/mol. The number of H-pyrrole nitrogens is 1. The quantitative estimate of drug-likeness (QED) is 0.688. The molecule has 1 amide bonds. The Kier molecular flexibility index (Phi) is 5.55. The summed E-state index contributed by atoms with van der Waals surface area (Å²) in [4.78, 5) is 36.2. The zero-order valence-corrected chi connectivity index (χ0v) is 17.7. The van der Waals surface area contributed by atoms with Crippen LogP contribution < -0.4 is 5.56 Å². The Morgan fingerprint density at radius 1 is 1.32 bits per heavy atom. The fourth-order valence-corrected chi connectivity index (χ4v) is 5.22. The van der Waals surface area contributed by atoms with Crippen molar-refractivity contribution < 1.29 is 4.79 Å². The second-order valence-corrected chi connectivity index (χ2v) is 9.41. The van der Waals surface area contributed by atoms with E-state index in [1.54, 1.807) is 11.3 Å². The first-order valence-corrected chi connectivity index (χ1v) is 11.4. The van der Waals surface area contributed by atoms with Crippen molar-refractivity contribution in [2.75, 3.05) is 12.3 Å². The van der Waals surface area contributed by atoms with Crippen LogP contribution in [0.15, 0.2) is 35.1 Å². The Labute approximate surface area is 172 Å². The van der Waals surface area contributed by atoms with Gasteiger partial charge in [0.05, 0.1) is 16.9 Å². The molecule has 3 aromatic rings. The van der Waals surface area contributed by atoms with E-state index in [9.17, 15) is 9.59 Å². The van der Waals surface area contributed by atoms with Crippen LogP contribution in [0.4, 0.5) is 0 Å². The summed E-state index contributed by atoms with van der Waals surface area (Å²) >= 11 is 3.07. The van der Waals surface area contributed by atoms with Gasteiger partial charge in [-0.25, -0.2) is 4.98 Å². The lowest BCUT2D eigenvalue weighted by Gasteiger charge is -2.28. The summed E-state index contributed by atoms with van der Waals surface area (Å²) in [6.45, 7) is 5.68. The highest BCUT2D eigenvalue weighted by molar-refractivity contribution is 7.99. The van der Waals surface area contributed by atoms with Gasteiger partial charge in [0.1, 0.15) is 10.7 Å². The third-order valence-electron chi connectivity index (χ3n) is 4.99. The molecule has 28 heavy (non-hydrogen) atoms. The molecular weight excluding hydrogens is 390 g/mol. The van der Waals surface area contributed by atoms with Crippen LogP contribution >= 0.6 is 23.1 Å². The molecular formula is C21H23N3O2S2. The molecule has 0 aliphatic carbocycles. The fraction of sp³-hybridized carbons (Fsp3) is 0.381. The average Bonchev–Trinajstić information content (AvgIpc) is 3.13.